The predicted octanol–water partition coefficient (Wildman–Crippen LogP) is 1.73. The van der Waals surface area contributed by atoms with Crippen LogP contribution in [-0.4, -0.2) is 26.7 Å². The van der Waals surface area contributed by atoms with Crippen molar-refractivity contribution in [3.63, 3.8) is 0 Å². The van der Waals surface area contributed by atoms with Crippen LogP contribution in [0.2, 0.25) is 0 Å². The maximum Gasteiger partial charge on any atom is 0.240 e. The second kappa shape index (κ2) is 4.61. The summed E-state index contributed by atoms with van der Waals surface area (Å²) in [6, 6.07) is 3.53. The van der Waals surface area contributed by atoms with Crippen molar-refractivity contribution in [1.82, 2.24) is 20.2 Å². The Labute approximate surface area is 93.1 Å². The lowest BCUT2D eigenvalue weighted by atomic mass is 10.5. The highest BCUT2D eigenvalue weighted by atomic mass is 16.5. The lowest BCUT2D eigenvalue weighted by molar-refractivity contribution is 0.442. The van der Waals surface area contributed by atoms with Crippen LogP contribution in [-0.2, 0) is 0 Å². The standard InChI is InChI=1S/C10H13N5O/c1-3-11-8-5-9(13-6-12-8)16-10-4-7(2)14-15-10/h4-6H,3H2,1-2H3,(H,14,15)(H,11,12,13). The van der Waals surface area contributed by atoms with E-state index in [0.717, 1.165) is 18.1 Å². The molecule has 2 rings (SSSR count). The maximum absolute atomic E-state index is 5.45. The molecule has 0 amide bonds. The fourth-order valence-corrected chi connectivity index (χ4v) is 1.23. The quantitative estimate of drug-likeness (QED) is 0.819. The second-order valence-electron chi connectivity index (χ2n) is 3.26. The molecule has 2 heterocycles. The van der Waals surface area contributed by atoms with Crippen LogP contribution in [0.15, 0.2) is 18.5 Å². The third kappa shape index (κ3) is 2.47. The summed E-state index contributed by atoms with van der Waals surface area (Å²) in [5, 5.41) is 9.83. The normalized spacial score (nSPS) is 10.1. The molecule has 0 aliphatic rings. The Kier molecular flexibility index (Phi) is 3.00. The van der Waals surface area contributed by atoms with Gasteiger partial charge in [-0.15, -0.1) is 5.10 Å². The van der Waals surface area contributed by atoms with Crippen LogP contribution >= 0.6 is 0 Å². The van der Waals surface area contributed by atoms with E-state index in [1.54, 1.807) is 12.1 Å². The number of nitrogens with zero attached hydrogens (tertiary/aromatic N) is 3. The van der Waals surface area contributed by atoms with Crippen LogP contribution in [0.5, 0.6) is 11.8 Å². The minimum atomic E-state index is 0.470. The molecule has 2 aromatic rings. The highest BCUT2D eigenvalue weighted by Crippen LogP contribution is 2.18. The van der Waals surface area contributed by atoms with Crippen molar-refractivity contribution in [1.29, 1.82) is 0 Å². The van der Waals surface area contributed by atoms with Gasteiger partial charge in [-0.3, -0.25) is 5.10 Å². The van der Waals surface area contributed by atoms with Gasteiger partial charge in [0.25, 0.3) is 0 Å². The largest absolute Gasteiger partial charge is 0.419 e. The summed E-state index contributed by atoms with van der Waals surface area (Å²) in [7, 11) is 0. The first-order valence-electron chi connectivity index (χ1n) is 5.03. The average Bonchev–Trinajstić information content (AvgIpc) is 2.65. The van der Waals surface area contributed by atoms with Crippen molar-refractivity contribution in [2.75, 3.05) is 11.9 Å². The molecule has 0 aliphatic heterocycles. The van der Waals surface area contributed by atoms with Crippen molar-refractivity contribution in [2.24, 2.45) is 0 Å². The summed E-state index contributed by atoms with van der Waals surface area (Å²) in [6.45, 7) is 4.71. The van der Waals surface area contributed by atoms with Crippen LogP contribution in [0.4, 0.5) is 5.82 Å². The zero-order chi connectivity index (χ0) is 11.4. The average molecular weight is 219 g/mol. The van der Waals surface area contributed by atoms with E-state index >= 15 is 0 Å². The minimum Gasteiger partial charge on any atom is -0.419 e. The Hall–Kier alpha value is -2.11. The Morgan fingerprint density at radius 2 is 2.19 bits per heavy atom. The molecule has 0 fully saturated rings. The second-order valence-corrected chi connectivity index (χ2v) is 3.26. The van der Waals surface area contributed by atoms with E-state index in [9.17, 15) is 0 Å². The highest BCUT2D eigenvalue weighted by Gasteiger charge is 2.03. The van der Waals surface area contributed by atoms with Gasteiger partial charge >= 0.3 is 0 Å². The molecule has 0 aliphatic carbocycles. The summed E-state index contributed by atoms with van der Waals surface area (Å²) in [5.41, 5.74) is 0.941. The smallest absolute Gasteiger partial charge is 0.240 e. The van der Waals surface area contributed by atoms with Gasteiger partial charge in [0.2, 0.25) is 11.8 Å². The van der Waals surface area contributed by atoms with Gasteiger partial charge in [-0.05, 0) is 13.8 Å². The predicted molar refractivity (Wildman–Crippen MR) is 59.6 cm³/mol. The summed E-state index contributed by atoms with van der Waals surface area (Å²) >= 11 is 0. The number of H-pyrrole nitrogens is 1. The molecule has 6 heteroatoms. The number of rotatable bonds is 4. The molecule has 0 atom stereocenters. The Balaban J connectivity index is 2.12. The molecular formula is C10H13N5O. The van der Waals surface area contributed by atoms with Crippen molar-refractivity contribution in [3.05, 3.63) is 24.2 Å². The molecular weight excluding hydrogens is 206 g/mol. The number of aromatic nitrogens is 4. The van der Waals surface area contributed by atoms with Crippen LogP contribution < -0.4 is 10.1 Å². The Morgan fingerprint density at radius 1 is 1.31 bits per heavy atom. The number of aryl methyl sites for hydroxylation is 1. The van der Waals surface area contributed by atoms with Crippen molar-refractivity contribution >= 4 is 5.82 Å². The van der Waals surface area contributed by atoms with E-state index < -0.39 is 0 Å². The van der Waals surface area contributed by atoms with Crippen LogP contribution in [0, 0.1) is 6.92 Å². The molecule has 2 N–H and O–H groups in total. The molecule has 0 unspecified atom stereocenters. The van der Waals surface area contributed by atoms with Crippen LogP contribution in [0.1, 0.15) is 12.6 Å². The lowest BCUT2D eigenvalue weighted by Gasteiger charge is -2.03. The third-order valence-electron chi connectivity index (χ3n) is 1.89. The van der Waals surface area contributed by atoms with E-state index in [-0.39, 0.29) is 0 Å². The number of nitrogens with one attached hydrogen (secondary N) is 2. The van der Waals surface area contributed by atoms with Gasteiger partial charge in [0, 0.05) is 24.4 Å². The van der Waals surface area contributed by atoms with Gasteiger partial charge < -0.3 is 10.1 Å². The molecule has 0 saturated carbocycles. The van der Waals surface area contributed by atoms with Gasteiger partial charge in [-0.2, -0.15) is 0 Å². The van der Waals surface area contributed by atoms with Gasteiger partial charge in [-0.1, -0.05) is 0 Å². The van der Waals surface area contributed by atoms with Crippen LogP contribution in [0.25, 0.3) is 0 Å². The first-order valence-corrected chi connectivity index (χ1v) is 5.03. The van der Waals surface area contributed by atoms with Gasteiger partial charge in [0.05, 0.1) is 0 Å². The molecule has 0 spiro atoms. The number of anilines is 1. The molecule has 2 aromatic heterocycles. The molecule has 0 saturated heterocycles. The van der Waals surface area contributed by atoms with Gasteiger partial charge in [0.15, 0.2) is 0 Å². The van der Waals surface area contributed by atoms with Crippen molar-refractivity contribution in [2.45, 2.75) is 13.8 Å². The van der Waals surface area contributed by atoms with E-state index in [1.807, 2.05) is 13.8 Å². The molecule has 0 bridgehead atoms. The number of ether oxygens (including phenoxy) is 1. The monoisotopic (exact) mass is 219 g/mol. The van der Waals surface area contributed by atoms with E-state index in [1.165, 1.54) is 6.33 Å². The van der Waals surface area contributed by atoms with Crippen molar-refractivity contribution < 1.29 is 4.74 Å². The summed E-state index contributed by atoms with van der Waals surface area (Å²) in [6.07, 6.45) is 1.45. The zero-order valence-electron chi connectivity index (χ0n) is 9.19. The number of hydrogen-bond donors (Lipinski definition) is 2. The van der Waals surface area contributed by atoms with Crippen LogP contribution in [0.3, 0.4) is 0 Å². The molecule has 16 heavy (non-hydrogen) atoms. The minimum absolute atomic E-state index is 0.470. The maximum atomic E-state index is 5.45. The summed E-state index contributed by atoms with van der Waals surface area (Å²) in [4.78, 5) is 8.04. The summed E-state index contributed by atoms with van der Waals surface area (Å²) in [5.74, 6) is 1.70. The van der Waals surface area contributed by atoms with Gasteiger partial charge in [0.1, 0.15) is 12.1 Å². The third-order valence-corrected chi connectivity index (χ3v) is 1.89. The fourth-order valence-electron chi connectivity index (χ4n) is 1.23. The number of aromatic amines is 1. The molecule has 0 radical (unpaired) electrons. The Bertz CT molecular complexity index is 468. The zero-order valence-corrected chi connectivity index (χ0v) is 9.19. The summed E-state index contributed by atoms with van der Waals surface area (Å²) < 4.78 is 5.45. The topological polar surface area (TPSA) is 75.7 Å². The van der Waals surface area contributed by atoms with Crippen molar-refractivity contribution in [3.8, 4) is 11.8 Å². The van der Waals surface area contributed by atoms with E-state index in [4.69, 9.17) is 4.74 Å². The SMILES string of the molecule is CCNc1cc(Oc2cc(C)[nH]n2)ncn1. The first-order chi connectivity index (χ1) is 7.78. The Morgan fingerprint density at radius 3 is 2.88 bits per heavy atom. The van der Waals surface area contributed by atoms with E-state index in [0.29, 0.717) is 11.8 Å². The highest BCUT2D eigenvalue weighted by molar-refractivity contribution is 5.37. The molecule has 84 valence electrons. The van der Waals surface area contributed by atoms with Gasteiger partial charge in [-0.25, -0.2) is 9.97 Å². The number of hydrogen-bond acceptors (Lipinski definition) is 5. The first kappa shape index (κ1) is 10.4. The fraction of sp³-hybridized carbons (Fsp3) is 0.300. The molecule has 0 aromatic carbocycles. The molecule has 6 nitrogen and oxygen atoms in total. The van der Waals surface area contributed by atoms with E-state index in [2.05, 4.69) is 25.5 Å². The lowest BCUT2D eigenvalue weighted by Crippen LogP contribution is -2.00.